The number of phenolic OH excluding ortho intramolecular Hbond substituents is 1. The van der Waals surface area contributed by atoms with Crippen LogP contribution in [0.2, 0.25) is 0 Å². The van der Waals surface area contributed by atoms with Crippen LogP contribution in [0, 0.1) is 0 Å². The van der Waals surface area contributed by atoms with Crippen LogP contribution >= 0.6 is 12.2 Å². The Bertz CT molecular complexity index is 1030. The third kappa shape index (κ3) is 3.65. The van der Waals surface area contributed by atoms with Crippen molar-refractivity contribution in [2.75, 3.05) is 6.79 Å². The van der Waals surface area contributed by atoms with Gasteiger partial charge in [-0.15, -0.1) is 0 Å². The molecule has 2 N–H and O–H groups in total. The number of thiocarbonyl (C=S) groups is 1. The number of nitrogens with one attached hydrogen (secondary N) is 1. The monoisotopic (exact) mass is 449 g/mol. The van der Waals surface area contributed by atoms with E-state index in [2.05, 4.69) is 5.32 Å². The minimum atomic E-state index is -1.11. The highest BCUT2D eigenvalue weighted by atomic mass is 32.1. The summed E-state index contributed by atoms with van der Waals surface area (Å²) in [6.07, 6.45) is -1.65. The van der Waals surface area contributed by atoms with Gasteiger partial charge in [-0.25, -0.2) is 0 Å². The standard InChI is InChI=1S/C20H19NO9S/c1-7(22)28-13-5-11-10-4-12-17(27-6-26-12)16(25)14(10)20(31)21-15(11)19(30-9(3)24)18(13)29-8(2)23/h4-5,13,15,18-19,25H,6H2,1-3H3,(H,21,31)/t13-,15+,18+,19-/m0/s1. The molecule has 2 aliphatic heterocycles. The van der Waals surface area contributed by atoms with Crippen molar-refractivity contribution in [2.24, 2.45) is 0 Å². The molecule has 31 heavy (non-hydrogen) atoms. The Morgan fingerprint density at radius 1 is 1.06 bits per heavy atom. The molecule has 1 aromatic carbocycles. The van der Waals surface area contributed by atoms with Gasteiger partial charge in [-0.1, -0.05) is 12.2 Å². The molecule has 0 saturated carbocycles. The van der Waals surface area contributed by atoms with E-state index in [9.17, 15) is 19.5 Å². The number of carbonyl (C=O) groups excluding carboxylic acids is 3. The van der Waals surface area contributed by atoms with Crippen LogP contribution in [0.3, 0.4) is 0 Å². The van der Waals surface area contributed by atoms with Gasteiger partial charge < -0.3 is 34.1 Å². The van der Waals surface area contributed by atoms with E-state index < -0.39 is 42.3 Å². The molecule has 4 atom stereocenters. The zero-order valence-electron chi connectivity index (χ0n) is 16.8. The van der Waals surface area contributed by atoms with Gasteiger partial charge in [0.25, 0.3) is 0 Å². The normalized spacial score (nSPS) is 25.4. The van der Waals surface area contributed by atoms with Gasteiger partial charge in [-0.2, -0.15) is 0 Å². The molecule has 164 valence electrons. The molecule has 0 spiro atoms. The van der Waals surface area contributed by atoms with Crippen molar-refractivity contribution in [3.8, 4) is 17.2 Å². The third-order valence-corrected chi connectivity index (χ3v) is 5.35. The molecule has 0 bridgehead atoms. The molecule has 0 fully saturated rings. The molecule has 0 unspecified atom stereocenters. The highest BCUT2D eigenvalue weighted by Gasteiger charge is 2.49. The third-order valence-electron chi connectivity index (χ3n) is 5.02. The highest BCUT2D eigenvalue weighted by molar-refractivity contribution is 7.80. The fraction of sp³-hybridized carbons (Fsp3) is 0.400. The SMILES string of the molecule is CC(=O)O[C@@H]1[C@H](OC(C)=O)[C@@H](OC(C)=O)C=C2c3cc4c(c(O)c3C(=S)N[C@H]21)OCO4. The molecule has 0 aromatic heterocycles. The zero-order chi connectivity index (χ0) is 22.4. The Kier molecular flexibility index (Phi) is 5.21. The number of phenols is 1. The summed E-state index contributed by atoms with van der Waals surface area (Å²) in [6, 6.07) is 0.908. The molecule has 1 aromatic rings. The summed E-state index contributed by atoms with van der Waals surface area (Å²) in [5.41, 5.74) is 1.32. The quantitative estimate of drug-likeness (QED) is 0.389. The van der Waals surface area contributed by atoms with E-state index in [0.29, 0.717) is 22.4 Å². The van der Waals surface area contributed by atoms with Gasteiger partial charge in [-0.05, 0) is 23.3 Å². The van der Waals surface area contributed by atoms with E-state index in [4.69, 9.17) is 35.9 Å². The maximum Gasteiger partial charge on any atom is 0.303 e. The second-order valence-electron chi connectivity index (χ2n) is 7.18. The van der Waals surface area contributed by atoms with Gasteiger partial charge in [0.15, 0.2) is 29.8 Å². The van der Waals surface area contributed by atoms with Crippen LogP contribution in [0.25, 0.3) is 5.57 Å². The molecule has 4 rings (SSSR count). The van der Waals surface area contributed by atoms with Crippen LogP contribution in [-0.2, 0) is 28.6 Å². The fourth-order valence-electron chi connectivity index (χ4n) is 3.99. The van der Waals surface area contributed by atoms with Crippen molar-refractivity contribution in [2.45, 2.75) is 45.1 Å². The Hall–Kier alpha value is -3.34. The van der Waals surface area contributed by atoms with Gasteiger partial charge in [0.1, 0.15) is 4.99 Å². The minimum Gasteiger partial charge on any atom is -0.504 e. The fourth-order valence-corrected chi connectivity index (χ4v) is 4.32. The number of hydrogen-bond acceptors (Lipinski definition) is 10. The lowest BCUT2D eigenvalue weighted by Gasteiger charge is -2.43. The van der Waals surface area contributed by atoms with Gasteiger partial charge in [0.05, 0.1) is 11.6 Å². The largest absolute Gasteiger partial charge is 0.504 e. The number of hydrogen-bond donors (Lipinski definition) is 2. The molecule has 0 saturated heterocycles. The molecule has 2 heterocycles. The molecule has 0 amide bonds. The molecule has 10 nitrogen and oxygen atoms in total. The molecular weight excluding hydrogens is 430 g/mol. The lowest BCUT2D eigenvalue weighted by molar-refractivity contribution is -0.181. The molecule has 1 aliphatic carbocycles. The first kappa shape index (κ1) is 20.9. The average Bonchev–Trinajstić information content (AvgIpc) is 3.13. The van der Waals surface area contributed by atoms with Crippen LogP contribution in [0.1, 0.15) is 31.9 Å². The van der Waals surface area contributed by atoms with Gasteiger partial charge >= 0.3 is 17.9 Å². The summed E-state index contributed by atoms with van der Waals surface area (Å²) in [4.78, 5) is 35.5. The molecular formula is C20H19NO9S. The molecule has 3 aliphatic rings. The molecule has 11 heteroatoms. The summed E-state index contributed by atoms with van der Waals surface area (Å²) in [6.45, 7) is 3.56. The number of aromatic hydroxyl groups is 1. The van der Waals surface area contributed by atoms with Crippen molar-refractivity contribution in [3.63, 3.8) is 0 Å². The van der Waals surface area contributed by atoms with E-state index in [-0.39, 0.29) is 23.3 Å². The predicted octanol–water partition coefficient (Wildman–Crippen LogP) is 0.960. The number of carbonyl (C=O) groups is 3. The summed E-state index contributed by atoms with van der Waals surface area (Å²) in [7, 11) is 0. The van der Waals surface area contributed by atoms with Crippen LogP contribution in [0.5, 0.6) is 17.2 Å². The van der Waals surface area contributed by atoms with Crippen LogP contribution in [-0.4, -0.2) is 59.1 Å². The summed E-state index contributed by atoms with van der Waals surface area (Å²) in [5.74, 6) is -1.60. The highest BCUT2D eigenvalue weighted by Crippen LogP contribution is 2.49. The second-order valence-corrected chi connectivity index (χ2v) is 7.59. The lowest BCUT2D eigenvalue weighted by atomic mass is 9.79. The van der Waals surface area contributed by atoms with Gasteiger partial charge in [0, 0.05) is 20.8 Å². The average molecular weight is 449 g/mol. The van der Waals surface area contributed by atoms with Gasteiger partial charge in [-0.3, -0.25) is 14.4 Å². The van der Waals surface area contributed by atoms with Crippen LogP contribution in [0.15, 0.2) is 12.1 Å². The van der Waals surface area contributed by atoms with E-state index in [0.717, 1.165) is 0 Å². The Labute approximate surface area is 182 Å². The van der Waals surface area contributed by atoms with Crippen LogP contribution in [0.4, 0.5) is 0 Å². The smallest absolute Gasteiger partial charge is 0.303 e. The second kappa shape index (κ2) is 7.73. The number of rotatable bonds is 3. The van der Waals surface area contributed by atoms with Crippen molar-refractivity contribution in [1.82, 2.24) is 5.32 Å². The van der Waals surface area contributed by atoms with E-state index in [1.165, 1.54) is 20.8 Å². The number of fused-ring (bicyclic) bond motifs is 4. The number of esters is 3. The maximum atomic E-state index is 11.9. The number of benzene rings is 1. The minimum absolute atomic E-state index is 0.0604. The van der Waals surface area contributed by atoms with E-state index >= 15 is 0 Å². The van der Waals surface area contributed by atoms with E-state index in [1.807, 2.05) is 0 Å². The lowest BCUT2D eigenvalue weighted by Crippen LogP contribution is -2.60. The van der Waals surface area contributed by atoms with Crippen molar-refractivity contribution >= 4 is 40.7 Å². The first-order chi connectivity index (χ1) is 14.7. The summed E-state index contributed by atoms with van der Waals surface area (Å²) in [5, 5.41) is 13.7. The number of ether oxygens (including phenoxy) is 5. The first-order valence-electron chi connectivity index (χ1n) is 9.37. The van der Waals surface area contributed by atoms with E-state index in [1.54, 1.807) is 12.1 Å². The van der Waals surface area contributed by atoms with Crippen molar-refractivity contribution < 1.29 is 43.2 Å². The summed E-state index contributed by atoms with van der Waals surface area (Å²) >= 11 is 5.45. The predicted molar refractivity (Wildman–Crippen MR) is 107 cm³/mol. The van der Waals surface area contributed by atoms with Crippen molar-refractivity contribution in [1.29, 1.82) is 0 Å². The Morgan fingerprint density at radius 3 is 2.35 bits per heavy atom. The zero-order valence-corrected chi connectivity index (χ0v) is 17.6. The van der Waals surface area contributed by atoms with Crippen LogP contribution < -0.4 is 14.8 Å². The molecule has 0 radical (unpaired) electrons. The maximum absolute atomic E-state index is 11.9. The Balaban J connectivity index is 1.90. The van der Waals surface area contributed by atoms with Crippen molar-refractivity contribution in [3.05, 3.63) is 23.3 Å². The topological polar surface area (TPSA) is 130 Å². The van der Waals surface area contributed by atoms with Gasteiger partial charge in [0.2, 0.25) is 12.5 Å². The first-order valence-corrected chi connectivity index (χ1v) is 9.78. The summed E-state index contributed by atoms with van der Waals surface area (Å²) < 4.78 is 26.9. The Morgan fingerprint density at radius 2 is 1.71 bits per heavy atom.